The molecular formula is C16H9F3O5S. The molecule has 0 fully saturated rings. The van der Waals surface area contributed by atoms with E-state index in [-0.39, 0.29) is 33.6 Å². The standard InChI is InChI=1S/C16H9F3O5S/c17-16(18,19)15-13(11-3-7(6-25-11)4-12(21)22)14(23)9-2-1-8(20)5-10(9)24-15/h1-3,5-6,20H,4H2,(H,21,22). The number of carbonyl (C=O) groups is 1. The van der Waals surface area contributed by atoms with Crippen LogP contribution in [0.15, 0.2) is 38.9 Å². The lowest BCUT2D eigenvalue weighted by molar-refractivity contribution is -0.152. The van der Waals surface area contributed by atoms with E-state index in [1.54, 1.807) is 0 Å². The molecule has 2 heterocycles. The van der Waals surface area contributed by atoms with Crippen LogP contribution in [0.3, 0.4) is 0 Å². The van der Waals surface area contributed by atoms with Crippen molar-refractivity contribution in [1.29, 1.82) is 0 Å². The number of carboxylic acid groups (broad SMARTS) is 1. The zero-order valence-corrected chi connectivity index (χ0v) is 13.1. The first-order valence-electron chi connectivity index (χ1n) is 6.83. The summed E-state index contributed by atoms with van der Waals surface area (Å²) in [6.07, 6.45) is -5.31. The average molecular weight is 370 g/mol. The molecule has 3 rings (SSSR count). The van der Waals surface area contributed by atoms with E-state index in [1.807, 2.05) is 0 Å². The van der Waals surface area contributed by atoms with Gasteiger partial charge in [0.05, 0.1) is 17.4 Å². The van der Waals surface area contributed by atoms with Crippen LogP contribution in [-0.4, -0.2) is 16.2 Å². The Bertz CT molecular complexity index is 1030. The van der Waals surface area contributed by atoms with Crippen molar-refractivity contribution in [3.8, 4) is 16.2 Å². The minimum absolute atomic E-state index is 0.0349. The molecule has 0 unspecified atom stereocenters. The molecule has 0 aliphatic carbocycles. The van der Waals surface area contributed by atoms with Crippen molar-refractivity contribution in [2.24, 2.45) is 0 Å². The van der Waals surface area contributed by atoms with Gasteiger partial charge < -0.3 is 14.6 Å². The molecule has 0 atom stereocenters. The lowest BCUT2D eigenvalue weighted by Crippen LogP contribution is -2.15. The Balaban J connectivity index is 2.30. The molecule has 2 aromatic heterocycles. The van der Waals surface area contributed by atoms with Gasteiger partial charge in [-0.25, -0.2) is 0 Å². The van der Waals surface area contributed by atoms with Gasteiger partial charge in [0, 0.05) is 10.9 Å². The van der Waals surface area contributed by atoms with Crippen molar-refractivity contribution < 1.29 is 32.6 Å². The second kappa shape index (κ2) is 5.92. The van der Waals surface area contributed by atoms with Gasteiger partial charge in [-0.05, 0) is 29.1 Å². The van der Waals surface area contributed by atoms with Crippen LogP contribution in [-0.2, 0) is 17.4 Å². The summed E-state index contributed by atoms with van der Waals surface area (Å²) >= 11 is 0.828. The maximum atomic E-state index is 13.4. The zero-order valence-electron chi connectivity index (χ0n) is 12.3. The summed E-state index contributed by atoms with van der Waals surface area (Å²) in [6.45, 7) is 0. The molecule has 0 aliphatic heterocycles. The van der Waals surface area contributed by atoms with Crippen LogP contribution in [0.2, 0.25) is 0 Å². The third-order valence-electron chi connectivity index (χ3n) is 3.39. The van der Waals surface area contributed by atoms with Gasteiger partial charge in [-0.15, -0.1) is 11.3 Å². The van der Waals surface area contributed by atoms with E-state index in [2.05, 4.69) is 0 Å². The highest BCUT2D eigenvalue weighted by atomic mass is 32.1. The topological polar surface area (TPSA) is 87.7 Å². The fraction of sp³-hybridized carbons (Fsp3) is 0.125. The smallest absolute Gasteiger partial charge is 0.450 e. The van der Waals surface area contributed by atoms with Gasteiger partial charge in [-0.2, -0.15) is 13.2 Å². The summed E-state index contributed by atoms with van der Waals surface area (Å²) in [4.78, 5) is 23.3. The Labute approximate surface area is 141 Å². The summed E-state index contributed by atoms with van der Waals surface area (Å²) < 4.78 is 45.0. The summed E-state index contributed by atoms with van der Waals surface area (Å²) in [5.41, 5.74) is -1.68. The fourth-order valence-electron chi connectivity index (χ4n) is 2.38. The Hall–Kier alpha value is -2.81. The zero-order chi connectivity index (χ0) is 18.4. The summed E-state index contributed by atoms with van der Waals surface area (Å²) in [7, 11) is 0. The molecule has 2 N–H and O–H groups in total. The van der Waals surface area contributed by atoms with E-state index in [0.717, 1.165) is 17.4 Å². The van der Waals surface area contributed by atoms with E-state index in [9.17, 15) is 27.9 Å². The molecule has 3 aromatic rings. The maximum Gasteiger partial charge on any atom is 0.450 e. The molecule has 0 amide bonds. The number of fused-ring (bicyclic) bond motifs is 1. The van der Waals surface area contributed by atoms with Crippen LogP contribution >= 0.6 is 11.3 Å². The van der Waals surface area contributed by atoms with Crippen molar-refractivity contribution in [3.05, 3.63) is 51.2 Å². The van der Waals surface area contributed by atoms with Crippen molar-refractivity contribution in [3.63, 3.8) is 0 Å². The van der Waals surface area contributed by atoms with Gasteiger partial charge in [0.1, 0.15) is 11.3 Å². The minimum atomic E-state index is -4.94. The molecular weight excluding hydrogens is 361 g/mol. The Morgan fingerprint density at radius 1 is 1.24 bits per heavy atom. The summed E-state index contributed by atoms with van der Waals surface area (Å²) in [5, 5.41) is 19.4. The predicted molar refractivity (Wildman–Crippen MR) is 83.8 cm³/mol. The lowest BCUT2D eigenvalue weighted by atomic mass is 10.1. The highest BCUT2D eigenvalue weighted by Gasteiger charge is 2.39. The molecule has 130 valence electrons. The van der Waals surface area contributed by atoms with Crippen LogP contribution < -0.4 is 5.43 Å². The molecule has 5 nitrogen and oxygen atoms in total. The second-order valence-electron chi connectivity index (χ2n) is 5.20. The van der Waals surface area contributed by atoms with E-state index in [0.29, 0.717) is 0 Å². The summed E-state index contributed by atoms with van der Waals surface area (Å²) in [6, 6.07) is 4.50. The van der Waals surface area contributed by atoms with Crippen LogP contribution in [0.5, 0.6) is 5.75 Å². The van der Waals surface area contributed by atoms with E-state index in [1.165, 1.54) is 23.6 Å². The van der Waals surface area contributed by atoms with Crippen molar-refractivity contribution in [1.82, 2.24) is 0 Å². The van der Waals surface area contributed by atoms with Crippen LogP contribution in [0.25, 0.3) is 21.4 Å². The quantitative estimate of drug-likeness (QED) is 0.731. The maximum absolute atomic E-state index is 13.4. The summed E-state index contributed by atoms with van der Waals surface area (Å²) in [5.74, 6) is -2.96. The Morgan fingerprint density at radius 2 is 1.96 bits per heavy atom. The lowest BCUT2D eigenvalue weighted by Gasteiger charge is -2.11. The first-order chi connectivity index (χ1) is 11.7. The number of phenolic OH excluding ortho intramolecular Hbond substituents is 1. The Morgan fingerprint density at radius 3 is 2.60 bits per heavy atom. The van der Waals surface area contributed by atoms with Crippen LogP contribution in [0.4, 0.5) is 13.2 Å². The average Bonchev–Trinajstić information content (AvgIpc) is 2.93. The number of rotatable bonds is 3. The third kappa shape index (κ3) is 3.22. The first-order valence-corrected chi connectivity index (χ1v) is 7.71. The van der Waals surface area contributed by atoms with Crippen LogP contribution in [0, 0.1) is 0 Å². The van der Waals surface area contributed by atoms with Crippen molar-refractivity contribution in [2.45, 2.75) is 12.6 Å². The second-order valence-corrected chi connectivity index (χ2v) is 6.11. The monoisotopic (exact) mass is 370 g/mol. The van der Waals surface area contributed by atoms with Crippen molar-refractivity contribution in [2.75, 3.05) is 0 Å². The number of aliphatic carboxylic acids is 1. The highest BCUT2D eigenvalue weighted by Crippen LogP contribution is 2.39. The number of thiophene rings is 1. The number of phenols is 1. The van der Waals surface area contributed by atoms with Gasteiger partial charge in [0.2, 0.25) is 11.2 Å². The van der Waals surface area contributed by atoms with E-state index in [4.69, 9.17) is 9.52 Å². The van der Waals surface area contributed by atoms with Gasteiger partial charge >= 0.3 is 12.1 Å². The van der Waals surface area contributed by atoms with Crippen molar-refractivity contribution >= 4 is 28.3 Å². The van der Waals surface area contributed by atoms with Gasteiger partial charge in [-0.3, -0.25) is 9.59 Å². The molecule has 0 radical (unpaired) electrons. The van der Waals surface area contributed by atoms with Gasteiger partial charge in [0.25, 0.3) is 0 Å². The number of carboxylic acids is 1. The van der Waals surface area contributed by atoms with Crippen LogP contribution in [0.1, 0.15) is 11.3 Å². The first kappa shape index (κ1) is 17.0. The molecule has 1 aromatic carbocycles. The molecule has 0 saturated carbocycles. The SMILES string of the molecule is O=C(O)Cc1csc(-c2c(C(F)(F)F)oc3cc(O)ccc3c2=O)c1. The normalized spacial score (nSPS) is 11.8. The molecule has 25 heavy (non-hydrogen) atoms. The predicted octanol–water partition coefficient (Wildman–Crippen LogP) is 3.87. The molecule has 0 bridgehead atoms. The van der Waals surface area contributed by atoms with Gasteiger partial charge in [-0.1, -0.05) is 0 Å². The highest BCUT2D eigenvalue weighted by molar-refractivity contribution is 7.13. The van der Waals surface area contributed by atoms with E-state index >= 15 is 0 Å². The Kier molecular flexibility index (Phi) is 4.03. The largest absolute Gasteiger partial charge is 0.508 e. The molecule has 9 heteroatoms. The molecule has 0 aliphatic rings. The number of benzene rings is 1. The number of aromatic hydroxyl groups is 1. The number of hydrogen-bond donors (Lipinski definition) is 2. The minimum Gasteiger partial charge on any atom is -0.508 e. The number of alkyl halides is 3. The molecule has 0 spiro atoms. The number of halogens is 3. The number of hydrogen-bond acceptors (Lipinski definition) is 5. The fourth-order valence-corrected chi connectivity index (χ4v) is 3.33. The van der Waals surface area contributed by atoms with Gasteiger partial charge in [0.15, 0.2) is 0 Å². The third-order valence-corrected chi connectivity index (χ3v) is 4.39. The molecule has 0 saturated heterocycles. The van der Waals surface area contributed by atoms with E-state index < -0.39 is 28.9 Å².